The van der Waals surface area contributed by atoms with Gasteiger partial charge in [0.2, 0.25) is 5.91 Å². The van der Waals surface area contributed by atoms with Crippen LogP contribution in [0.1, 0.15) is 25.8 Å². The Labute approximate surface area is 109 Å². The number of likely N-dealkylation sites (N-methyl/N-ethyl adjacent to an activating group) is 1. The maximum Gasteiger partial charge on any atom is 0.236 e. The summed E-state index contributed by atoms with van der Waals surface area (Å²) in [6.45, 7) is 5.35. The Balaban J connectivity index is 2.27. The summed E-state index contributed by atoms with van der Waals surface area (Å²) in [5.41, 5.74) is 1.21. The second kappa shape index (κ2) is 7.82. The molecule has 4 nitrogen and oxygen atoms in total. The lowest BCUT2D eigenvalue weighted by Crippen LogP contribution is -2.39. The van der Waals surface area contributed by atoms with Crippen molar-refractivity contribution in [2.75, 3.05) is 20.1 Å². The van der Waals surface area contributed by atoms with Gasteiger partial charge in [-0.05, 0) is 37.5 Å². The van der Waals surface area contributed by atoms with Gasteiger partial charge in [-0.1, -0.05) is 6.92 Å². The summed E-state index contributed by atoms with van der Waals surface area (Å²) in [4.78, 5) is 17.6. The highest BCUT2D eigenvalue weighted by molar-refractivity contribution is 5.78. The normalized spacial score (nSPS) is 12.2. The molecule has 1 amide bonds. The molecule has 1 atom stereocenters. The third-order valence-electron chi connectivity index (χ3n) is 3.13. The standard InChI is InChI=1S/C14H23N3O/c1-4-12(2)16-11-14(18)17(3)10-7-13-5-8-15-9-6-13/h5-6,8-9,12,16H,4,7,10-11H2,1-3H3. The second-order valence-electron chi connectivity index (χ2n) is 4.61. The Bertz CT molecular complexity index is 353. The first-order chi connectivity index (χ1) is 8.63. The first kappa shape index (κ1) is 14.6. The molecule has 1 aromatic heterocycles. The van der Waals surface area contributed by atoms with E-state index in [1.54, 1.807) is 17.3 Å². The van der Waals surface area contributed by atoms with Crippen LogP contribution in [0.5, 0.6) is 0 Å². The third-order valence-corrected chi connectivity index (χ3v) is 3.13. The number of aromatic nitrogens is 1. The predicted octanol–water partition coefficient (Wildman–Crippen LogP) is 1.47. The van der Waals surface area contributed by atoms with E-state index >= 15 is 0 Å². The summed E-state index contributed by atoms with van der Waals surface area (Å²) in [7, 11) is 1.85. The first-order valence-corrected chi connectivity index (χ1v) is 6.49. The molecule has 0 bridgehead atoms. The Kier molecular flexibility index (Phi) is 6.36. The van der Waals surface area contributed by atoms with Crippen LogP contribution in [0.15, 0.2) is 24.5 Å². The van der Waals surface area contributed by atoms with E-state index < -0.39 is 0 Å². The molecule has 1 rings (SSSR count). The SMILES string of the molecule is CCC(C)NCC(=O)N(C)CCc1ccncc1. The van der Waals surface area contributed by atoms with E-state index in [0.29, 0.717) is 12.6 Å². The average Bonchev–Trinajstić information content (AvgIpc) is 2.42. The smallest absolute Gasteiger partial charge is 0.236 e. The van der Waals surface area contributed by atoms with E-state index in [4.69, 9.17) is 0 Å². The second-order valence-corrected chi connectivity index (χ2v) is 4.61. The van der Waals surface area contributed by atoms with E-state index in [1.165, 1.54) is 5.56 Å². The van der Waals surface area contributed by atoms with Crippen LogP contribution in [0.2, 0.25) is 0 Å². The van der Waals surface area contributed by atoms with Gasteiger partial charge in [0.1, 0.15) is 0 Å². The van der Waals surface area contributed by atoms with Gasteiger partial charge in [-0.2, -0.15) is 0 Å². The lowest BCUT2D eigenvalue weighted by molar-refractivity contribution is -0.129. The molecular weight excluding hydrogens is 226 g/mol. The van der Waals surface area contributed by atoms with Gasteiger partial charge in [-0.3, -0.25) is 9.78 Å². The molecule has 0 aliphatic rings. The maximum atomic E-state index is 11.8. The number of pyridine rings is 1. The molecule has 18 heavy (non-hydrogen) atoms. The number of amides is 1. The molecule has 0 fully saturated rings. The van der Waals surface area contributed by atoms with E-state index in [1.807, 2.05) is 19.2 Å². The summed E-state index contributed by atoms with van der Waals surface area (Å²) in [6.07, 6.45) is 5.46. The summed E-state index contributed by atoms with van der Waals surface area (Å²) in [6, 6.07) is 4.35. The van der Waals surface area contributed by atoms with Gasteiger partial charge in [0, 0.05) is 32.0 Å². The first-order valence-electron chi connectivity index (χ1n) is 6.49. The number of carbonyl (C=O) groups excluding carboxylic acids is 1. The molecule has 0 saturated heterocycles. The molecule has 0 aliphatic carbocycles. The van der Waals surface area contributed by atoms with Gasteiger partial charge in [0.25, 0.3) is 0 Å². The molecule has 100 valence electrons. The number of carbonyl (C=O) groups is 1. The Hall–Kier alpha value is -1.42. The summed E-state index contributed by atoms with van der Waals surface area (Å²) in [5.74, 6) is 0.143. The minimum absolute atomic E-state index is 0.143. The molecule has 0 aliphatic heterocycles. The number of nitrogens with one attached hydrogen (secondary N) is 1. The van der Waals surface area contributed by atoms with Crippen molar-refractivity contribution in [3.8, 4) is 0 Å². The molecule has 1 unspecified atom stereocenters. The molecule has 0 spiro atoms. The van der Waals surface area contributed by atoms with Crippen molar-refractivity contribution in [2.24, 2.45) is 0 Å². The van der Waals surface area contributed by atoms with Crippen LogP contribution >= 0.6 is 0 Å². The van der Waals surface area contributed by atoms with Crippen molar-refractivity contribution in [2.45, 2.75) is 32.7 Å². The fourth-order valence-electron chi connectivity index (χ4n) is 1.51. The molecule has 0 aromatic carbocycles. The van der Waals surface area contributed by atoms with Crippen molar-refractivity contribution >= 4 is 5.91 Å². The van der Waals surface area contributed by atoms with Crippen LogP contribution in [0, 0.1) is 0 Å². The van der Waals surface area contributed by atoms with Crippen LogP contribution in [-0.2, 0) is 11.2 Å². The monoisotopic (exact) mass is 249 g/mol. The molecular formula is C14H23N3O. The van der Waals surface area contributed by atoms with E-state index in [-0.39, 0.29) is 5.91 Å². The lowest BCUT2D eigenvalue weighted by Gasteiger charge is -2.19. The van der Waals surface area contributed by atoms with E-state index in [2.05, 4.69) is 24.1 Å². The molecule has 4 heteroatoms. The van der Waals surface area contributed by atoms with Crippen LogP contribution < -0.4 is 5.32 Å². The highest BCUT2D eigenvalue weighted by Gasteiger charge is 2.09. The lowest BCUT2D eigenvalue weighted by atomic mass is 10.2. The Morgan fingerprint density at radius 1 is 1.44 bits per heavy atom. The zero-order chi connectivity index (χ0) is 13.4. The zero-order valence-corrected chi connectivity index (χ0v) is 11.5. The highest BCUT2D eigenvalue weighted by Crippen LogP contribution is 1.99. The van der Waals surface area contributed by atoms with Crippen molar-refractivity contribution in [1.29, 1.82) is 0 Å². The topological polar surface area (TPSA) is 45.2 Å². The van der Waals surface area contributed by atoms with Crippen LogP contribution in [0.4, 0.5) is 0 Å². The minimum Gasteiger partial charge on any atom is -0.344 e. The molecule has 0 radical (unpaired) electrons. The average molecular weight is 249 g/mol. The number of rotatable bonds is 7. The fourth-order valence-corrected chi connectivity index (χ4v) is 1.51. The number of nitrogens with zero attached hydrogens (tertiary/aromatic N) is 2. The summed E-state index contributed by atoms with van der Waals surface area (Å²) in [5, 5.41) is 3.21. The van der Waals surface area contributed by atoms with Crippen LogP contribution in [-0.4, -0.2) is 42.0 Å². The largest absolute Gasteiger partial charge is 0.344 e. The third kappa shape index (κ3) is 5.27. The van der Waals surface area contributed by atoms with Crippen molar-refractivity contribution in [3.63, 3.8) is 0 Å². The molecule has 1 heterocycles. The van der Waals surface area contributed by atoms with Gasteiger partial charge in [-0.15, -0.1) is 0 Å². The summed E-state index contributed by atoms with van der Waals surface area (Å²) >= 11 is 0. The van der Waals surface area contributed by atoms with Gasteiger partial charge >= 0.3 is 0 Å². The van der Waals surface area contributed by atoms with Gasteiger partial charge < -0.3 is 10.2 Å². The maximum absolute atomic E-state index is 11.8. The van der Waals surface area contributed by atoms with Crippen molar-refractivity contribution < 1.29 is 4.79 Å². The number of hydrogen-bond acceptors (Lipinski definition) is 3. The van der Waals surface area contributed by atoms with Crippen molar-refractivity contribution in [3.05, 3.63) is 30.1 Å². The van der Waals surface area contributed by atoms with Gasteiger partial charge in [0.05, 0.1) is 6.54 Å². The molecule has 0 saturated carbocycles. The molecule has 1 aromatic rings. The molecule has 1 N–H and O–H groups in total. The minimum atomic E-state index is 0.143. The van der Waals surface area contributed by atoms with Crippen LogP contribution in [0.3, 0.4) is 0 Å². The quantitative estimate of drug-likeness (QED) is 0.796. The Morgan fingerprint density at radius 3 is 2.72 bits per heavy atom. The van der Waals surface area contributed by atoms with Crippen molar-refractivity contribution in [1.82, 2.24) is 15.2 Å². The van der Waals surface area contributed by atoms with Gasteiger partial charge in [0.15, 0.2) is 0 Å². The predicted molar refractivity (Wildman–Crippen MR) is 73.3 cm³/mol. The fraction of sp³-hybridized carbons (Fsp3) is 0.571. The van der Waals surface area contributed by atoms with Gasteiger partial charge in [-0.25, -0.2) is 0 Å². The van der Waals surface area contributed by atoms with E-state index in [0.717, 1.165) is 19.4 Å². The van der Waals surface area contributed by atoms with E-state index in [9.17, 15) is 4.79 Å². The van der Waals surface area contributed by atoms with Crippen LogP contribution in [0.25, 0.3) is 0 Å². The highest BCUT2D eigenvalue weighted by atomic mass is 16.2. The zero-order valence-electron chi connectivity index (χ0n) is 11.5. The Morgan fingerprint density at radius 2 is 2.11 bits per heavy atom. The number of hydrogen-bond donors (Lipinski definition) is 1. The summed E-state index contributed by atoms with van der Waals surface area (Å²) < 4.78 is 0.